The normalized spacial score (nSPS) is 10.5. The van der Waals surface area contributed by atoms with Crippen molar-refractivity contribution in [3.05, 3.63) is 75.2 Å². The quantitative estimate of drug-likeness (QED) is 0.698. The number of aromatic nitrogens is 1. The van der Waals surface area contributed by atoms with Crippen molar-refractivity contribution in [2.24, 2.45) is 0 Å². The lowest BCUT2D eigenvalue weighted by atomic mass is 10.1. The number of benzene rings is 2. The Morgan fingerprint density at radius 3 is 2.65 bits per heavy atom. The maximum atomic E-state index is 12.1. The molecular weight excluding hydrogens is 372 g/mol. The largest absolute Gasteiger partial charge is 0.346 e. The summed E-state index contributed by atoms with van der Waals surface area (Å²) in [4.78, 5) is 16.7. The van der Waals surface area contributed by atoms with Crippen LogP contribution in [0.4, 0.5) is 0 Å². The van der Waals surface area contributed by atoms with Gasteiger partial charge in [0.1, 0.15) is 5.01 Å². The summed E-state index contributed by atoms with van der Waals surface area (Å²) in [6.07, 6.45) is 0. The molecule has 3 aromatic rings. The highest BCUT2D eigenvalue weighted by molar-refractivity contribution is 9.10. The first-order valence-electron chi connectivity index (χ1n) is 7.17. The van der Waals surface area contributed by atoms with Gasteiger partial charge in [-0.05, 0) is 36.8 Å². The van der Waals surface area contributed by atoms with E-state index in [-0.39, 0.29) is 5.91 Å². The summed E-state index contributed by atoms with van der Waals surface area (Å²) < 4.78 is 0.955. The van der Waals surface area contributed by atoms with E-state index in [1.54, 1.807) is 23.5 Å². The third-order valence-electron chi connectivity index (χ3n) is 3.46. The second-order valence-electron chi connectivity index (χ2n) is 5.15. The zero-order valence-corrected chi connectivity index (χ0v) is 14.9. The van der Waals surface area contributed by atoms with E-state index in [9.17, 15) is 4.79 Å². The predicted molar refractivity (Wildman–Crippen MR) is 97.6 cm³/mol. The van der Waals surface area contributed by atoms with Crippen LogP contribution in [0, 0.1) is 6.92 Å². The van der Waals surface area contributed by atoms with Gasteiger partial charge in [-0.2, -0.15) is 0 Å². The summed E-state index contributed by atoms with van der Waals surface area (Å²) in [5.41, 5.74) is 3.86. The van der Waals surface area contributed by atoms with Gasteiger partial charge in [0.15, 0.2) is 0 Å². The molecule has 5 heteroatoms. The molecule has 0 saturated carbocycles. The fraction of sp³-hybridized carbons (Fsp3) is 0.111. The second kappa shape index (κ2) is 7.06. The zero-order valence-electron chi connectivity index (χ0n) is 12.5. The van der Waals surface area contributed by atoms with Gasteiger partial charge in [0.25, 0.3) is 5.91 Å². The van der Waals surface area contributed by atoms with Crippen LogP contribution in [0.5, 0.6) is 0 Å². The van der Waals surface area contributed by atoms with Crippen molar-refractivity contribution < 1.29 is 4.79 Å². The molecule has 116 valence electrons. The highest BCUT2D eigenvalue weighted by Crippen LogP contribution is 2.26. The van der Waals surface area contributed by atoms with E-state index in [2.05, 4.69) is 45.3 Å². The Morgan fingerprint density at radius 1 is 1.17 bits per heavy atom. The number of nitrogens with zero attached hydrogens (tertiary/aromatic N) is 1. The molecule has 0 atom stereocenters. The van der Waals surface area contributed by atoms with Crippen LogP contribution in [0.25, 0.3) is 10.6 Å². The first-order valence-corrected chi connectivity index (χ1v) is 8.85. The van der Waals surface area contributed by atoms with Crippen LogP contribution in [0.2, 0.25) is 0 Å². The molecule has 1 N–H and O–H groups in total. The van der Waals surface area contributed by atoms with E-state index < -0.39 is 0 Å². The average Bonchev–Trinajstić information content (AvgIpc) is 3.02. The van der Waals surface area contributed by atoms with Crippen molar-refractivity contribution in [3.63, 3.8) is 0 Å². The molecule has 3 nitrogen and oxygen atoms in total. The lowest BCUT2D eigenvalue weighted by molar-refractivity contribution is 0.0950. The number of nitrogens with one attached hydrogen (secondary N) is 1. The minimum atomic E-state index is -0.0945. The lowest BCUT2D eigenvalue weighted by Gasteiger charge is -2.04. The van der Waals surface area contributed by atoms with Gasteiger partial charge in [0.2, 0.25) is 0 Å². The number of carbonyl (C=O) groups excluding carboxylic acids is 1. The van der Waals surface area contributed by atoms with E-state index in [0.29, 0.717) is 12.1 Å². The molecule has 0 saturated heterocycles. The van der Waals surface area contributed by atoms with Gasteiger partial charge in [-0.15, -0.1) is 11.3 Å². The molecule has 1 amide bonds. The Balaban J connectivity index is 1.67. The summed E-state index contributed by atoms with van der Waals surface area (Å²) >= 11 is 4.96. The van der Waals surface area contributed by atoms with Crippen molar-refractivity contribution in [1.29, 1.82) is 0 Å². The standard InChI is InChI=1S/C18H15BrN2OS/c1-12-4-2-3-5-16(12)18-21-15(11-23-18)10-20-17(22)13-6-8-14(19)9-7-13/h2-9,11H,10H2,1H3,(H,20,22). The fourth-order valence-corrected chi connectivity index (χ4v) is 3.37. The number of carbonyl (C=O) groups is 1. The number of rotatable bonds is 4. The van der Waals surface area contributed by atoms with Crippen LogP contribution in [0.3, 0.4) is 0 Å². The number of halogens is 1. The van der Waals surface area contributed by atoms with Gasteiger partial charge in [-0.25, -0.2) is 4.98 Å². The Bertz CT molecular complexity index is 827. The highest BCUT2D eigenvalue weighted by Gasteiger charge is 2.09. The monoisotopic (exact) mass is 386 g/mol. The summed E-state index contributed by atoms with van der Waals surface area (Å²) in [5, 5.41) is 5.88. The maximum Gasteiger partial charge on any atom is 0.251 e. The SMILES string of the molecule is Cc1ccccc1-c1nc(CNC(=O)c2ccc(Br)cc2)cs1. The van der Waals surface area contributed by atoms with Gasteiger partial charge >= 0.3 is 0 Å². The molecule has 0 unspecified atom stereocenters. The van der Waals surface area contributed by atoms with Crippen molar-refractivity contribution >= 4 is 33.2 Å². The summed E-state index contributed by atoms with van der Waals surface area (Å²) in [5.74, 6) is -0.0945. The van der Waals surface area contributed by atoms with E-state index >= 15 is 0 Å². The first-order chi connectivity index (χ1) is 11.1. The van der Waals surface area contributed by atoms with E-state index in [0.717, 1.165) is 20.7 Å². The third kappa shape index (κ3) is 3.86. The van der Waals surface area contributed by atoms with Crippen molar-refractivity contribution in [3.8, 4) is 10.6 Å². The zero-order chi connectivity index (χ0) is 16.2. The fourth-order valence-electron chi connectivity index (χ4n) is 2.20. The molecule has 0 aliphatic heterocycles. The predicted octanol–water partition coefficient (Wildman–Crippen LogP) is 4.81. The number of aryl methyl sites for hydroxylation is 1. The second-order valence-corrected chi connectivity index (χ2v) is 6.92. The first kappa shape index (κ1) is 15.9. The molecule has 1 aromatic heterocycles. The van der Waals surface area contributed by atoms with E-state index in [4.69, 9.17) is 0 Å². The Kier molecular flexibility index (Phi) is 4.88. The molecule has 2 aromatic carbocycles. The summed E-state index contributed by atoms with van der Waals surface area (Å²) in [6.45, 7) is 2.50. The van der Waals surface area contributed by atoms with Crippen LogP contribution in [0.1, 0.15) is 21.6 Å². The van der Waals surface area contributed by atoms with Crippen molar-refractivity contribution in [2.45, 2.75) is 13.5 Å². The van der Waals surface area contributed by atoms with Gasteiger partial charge < -0.3 is 5.32 Å². The minimum Gasteiger partial charge on any atom is -0.346 e. The van der Waals surface area contributed by atoms with Crippen LogP contribution in [-0.4, -0.2) is 10.9 Å². The van der Waals surface area contributed by atoms with Crippen LogP contribution in [-0.2, 0) is 6.54 Å². The number of hydrogen-bond donors (Lipinski definition) is 1. The molecule has 0 aliphatic carbocycles. The van der Waals surface area contributed by atoms with Gasteiger partial charge in [0.05, 0.1) is 12.2 Å². The van der Waals surface area contributed by atoms with Gasteiger partial charge in [-0.1, -0.05) is 40.2 Å². The molecule has 23 heavy (non-hydrogen) atoms. The lowest BCUT2D eigenvalue weighted by Crippen LogP contribution is -2.22. The molecule has 0 radical (unpaired) electrons. The average molecular weight is 387 g/mol. The number of thiazole rings is 1. The molecule has 3 rings (SSSR count). The van der Waals surface area contributed by atoms with Gasteiger partial charge in [-0.3, -0.25) is 4.79 Å². The van der Waals surface area contributed by atoms with E-state index in [1.165, 1.54) is 5.56 Å². The number of hydrogen-bond acceptors (Lipinski definition) is 3. The molecule has 0 bridgehead atoms. The molecular formula is C18H15BrN2OS. The van der Waals surface area contributed by atoms with Gasteiger partial charge in [0, 0.05) is 21.0 Å². The van der Waals surface area contributed by atoms with Crippen LogP contribution >= 0.6 is 27.3 Å². The summed E-state index contributed by atoms with van der Waals surface area (Å²) in [6, 6.07) is 15.5. The smallest absolute Gasteiger partial charge is 0.251 e. The minimum absolute atomic E-state index is 0.0945. The Hall–Kier alpha value is -1.98. The maximum absolute atomic E-state index is 12.1. The summed E-state index contributed by atoms with van der Waals surface area (Å²) in [7, 11) is 0. The molecule has 0 spiro atoms. The van der Waals surface area contributed by atoms with E-state index in [1.807, 2.05) is 29.6 Å². The Morgan fingerprint density at radius 2 is 1.91 bits per heavy atom. The van der Waals surface area contributed by atoms with Crippen LogP contribution in [0.15, 0.2) is 58.4 Å². The molecule has 0 fully saturated rings. The molecule has 0 aliphatic rings. The topological polar surface area (TPSA) is 42.0 Å². The molecule has 1 heterocycles. The number of amides is 1. The van der Waals surface area contributed by atoms with Crippen molar-refractivity contribution in [2.75, 3.05) is 0 Å². The third-order valence-corrected chi connectivity index (χ3v) is 4.92. The van der Waals surface area contributed by atoms with Crippen LogP contribution < -0.4 is 5.32 Å². The highest BCUT2D eigenvalue weighted by atomic mass is 79.9. The Labute approximate surface area is 147 Å². The van der Waals surface area contributed by atoms with Crippen molar-refractivity contribution in [1.82, 2.24) is 10.3 Å².